The molecule has 24 heavy (non-hydrogen) atoms. The number of rotatable bonds is 1. The molecule has 0 radical (unpaired) electrons. The number of aliphatic hydroxyl groups is 1. The van der Waals surface area contributed by atoms with E-state index in [1.54, 1.807) is 7.11 Å². The van der Waals surface area contributed by atoms with Crippen LogP contribution in [0.1, 0.15) is 36.0 Å². The minimum Gasteiger partial charge on any atom is -0.496 e. The molecular weight excluding hydrogens is 310 g/mol. The lowest BCUT2D eigenvalue weighted by atomic mass is 9.75. The molecule has 0 saturated carbocycles. The first-order valence-corrected chi connectivity index (χ1v) is 8.52. The van der Waals surface area contributed by atoms with E-state index in [0.717, 1.165) is 48.6 Å². The molecule has 4 atom stereocenters. The van der Waals surface area contributed by atoms with Gasteiger partial charge in [-0.1, -0.05) is 0 Å². The van der Waals surface area contributed by atoms with Crippen molar-refractivity contribution in [2.24, 2.45) is 0 Å². The van der Waals surface area contributed by atoms with Crippen LogP contribution in [0.25, 0.3) is 0 Å². The van der Waals surface area contributed by atoms with Crippen LogP contribution in [0.3, 0.4) is 0 Å². The van der Waals surface area contributed by atoms with E-state index in [-0.39, 0.29) is 24.4 Å². The van der Waals surface area contributed by atoms with Gasteiger partial charge in [-0.05, 0) is 48.7 Å². The fourth-order valence-electron chi connectivity index (χ4n) is 5.50. The van der Waals surface area contributed by atoms with Crippen LogP contribution in [0.5, 0.6) is 11.5 Å². The zero-order valence-corrected chi connectivity index (χ0v) is 13.4. The SMILES string of the molecule is COC1=C[C@]23CCCN2C[C@@H]2OC1(O)[C@H]3c1cc3c(cc12)OCO3. The van der Waals surface area contributed by atoms with Crippen molar-refractivity contribution < 1.29 is 24.1 Å². The molecule has 2 fully saturated rings. The van der Waals surface area contributed by atoms with Crippen LogP contribution in [-0.2, 0) is 9.47 Å². The van der Waals surface area contributed by atoms with Crippen molar-refractivity contribution in [1.82, 2.24) is 4.90 Å². The Labute approximate surface area is 139 Å². The summed E-state index contributed by atoms with van der Waals surface area (Å²) in [5.41, 5.74) is 1.97. The van der Waals surface area contributed by atoms with Gasteiger partial charge in [-0.3, -0.25) is 4.90 Å². The summed E-state index contributed by atoms with van der Waals surface area (Å²) in [6.07, 6.45) is 4.01. The summed E-state index contributed by atoms with van der Waals surface area (Å²) in [4.78, 5) is 2.46. The molecule has 7 rings (SSSR count). The number of benzene rings is 1. The van der Waals surface area contributed by atoms with Gasteiger partial charge in [-0.15, -0.1) is 0 Å². The molecule has 1 aliphatic carbocycles. The first kappa shape index (κ1) is 13.5. The fraction of sp³-hybridized carbons (Fsp3) is 0.556. The van der Waals surface area contributed by atoms with Gasteiger partial charge in [0.15, 0.2) is 17.3 Å². The highest BCUT2D eigenvalue weighted by atomic mass is 16.7. The van der Waals surface area contributed by atoms with Gasteiger partial charge < -0.3 is 24.1 Å². The van der Waals surface area contributed by atoms with Crippen molar-refractivity contribution in [3.8, 4) is 11.5 Å². The van der Waals surface area contributed by atoms with Crippen molar-refractivity contribution in [2.75, 3.05) is 27.0 Å². The highest BCUT2D eigenvalue weighted by Gasteiger charge is 2.68. The van der Waals surface area contributed by atoms with Gasteiger partial charge in [0.05, 0.1) is 24.7 Å². The summed E-state index contributed by atoms with van der Waals surface area (Å²) in [6, 6.07) is 4.07. The fourth-order valence-corrected chi connectivity index (χ4v) is 5.50. The molecule has 126 valence electrons. The highest BCUT2D eigenvalue weighted by molar-refractivity contribution is 5.57. The Balaban J connectivity index is 1.65. The largest absolute Gasteiger partial charge is 0.496 e. The standard InChI is InChI=1S/C18H19NO5/c1-21-15-7-17-3-2-4-19(17)8-14-10-5-12-13(23-9-22-12)6-11(10)16(17)18(15,20)24-14/h5-7,14,16,20H,2-4,8-9H2,1H3/t14-,16-,17-,18?/m0/s1. The van der Waals surface area contributed by atoms with E-state index in [0.29, 0.717) is 5.76 Å². The molecule has 0 amide bonds. The Morgan fingerprint density at radius 1 is 1.25 bits per heavy atom. The lowest BCUT2D eigenvalue weighted by Crippen LogP contribution is -2.50. The normalized spacial score (nSPS) is 41.0. The molecular formula is C18H19NO5. The molecule has 1 unspecified atom stereocenters. The third-order valence-corrected chi connectivity index (χ3v) is 6.38. The average molecular weight is 329 g/mol. The molecule has 1 N–H and O–H groups in total. The second-order valence-corrected chi connectivity index (χ2v) is 7.32. The summed E-state index contributed by atoms with van der Waals surface area (Å²) in [6.45, 7) is 2.04. The van der Waals surface area contributed by atoms with Crippen LogP contribution >= 0.6 is 0 Å². The minimum atomic E-state index is -1.40. The Morgan fingerprint density at radius 3 is 2.83 bits per heavy atom. The third-order valence-electron chi connectivity index (χ3n) is 6.38. The Bertz CT molecular complexity index is 792. The maximum atomic E-state index is 11.5. The van der Waals surface area contributed by atoms with Gasteiger partial charge in [-0.2, -0.15) is 0 Å². The lowest BCUT2D eigenvalue weighted by Gasteiger charge is -2.42. The number of methoxy groups -OCH3 is 1. The zero-order valence-electron chi connectivity index (χ0n) is 13.4. The molecule has 1 aromatic rings. The molecule has 1 aromatic carbocycles. The number of hydrogen-bond acceptors (Lipinski definition) is 6. The summed E-state index contributed by atoms with van der Waals surface area (Å²) in [7, 11) is 1.61. The smallest absolute Gasteiger partial charge is 0.234 e. The van der Waals surface area contributed by atoms with Gasteiger partial charge in [0.2, 0.25) is 12.6 Å². The van der Waals surface area contributed by atoms with Crippen LogP contribution in [-0.4, -0.2) is 48.3 Å². The molecule has 1 spiro atoms. The van der Waals surface area contributed by atoms with Crippen molar-refractivity contribution in [2.45, 2.75) is 36.2 Å². The predicted octanol–water partition coefficient (Wildman–Crippen LogP) is 1.65. The average Bonchev–Trinajstić information content (AvgIpc) is 3.20. The summed E-state index contributed by atoms with van der Waals surface area (Å²) >= 11 is 0. The zero-order chi connectivity index (χ0) is 16.1. The Morgan fingerprint density at radius 2 is 2.04 bits per heavy atom. The van der Waals surface area contributed by atoms with E-state index < -0.39 is 5.79 Å². The van der Waals surface area contributed by atoms with Crippen LogP contribution in [0.2, 0.25) is 0 Å². The first-order chi connectivity index (χ1) is 11.7. The van der Waals surface area contributed by atoms with Crippen LogP contribution in [0.15, 0.2) is 24.0 Å². The maximum absolute atomic E-state index is 11.5. The number of fused-ring (bicyclic) bond motifs is 1. The highest BCUT2D eigenvalue weighted by Crippen LogP contribution is 2.64. The summed E-state index contributed by atoms with van der Waals surface area (Å²) < 4.78 is 22.9. The summed E-state index contributed by atoms with van der Waals surface area (Å²) in [5, 5.41) is 11.5. The lowest BCUT2D eigenvalue weighted by molar-refractivity contribution is -0.237. The van der Waals surface area contributed by atoms with Crippen molar-refractivity contribution >= 4 is 0 Å². The molecule has 6 aliphatic rings. The van der Waals surface area contributed by atoms with Gasteiger partial charge in [0.25, 0.3) is 0 Å². The molecule has 2 saturated heterocycles. The van der Waals surface area contributed by atoms with E-state index in [1.165, 1.54) is 0 Å². The van der Waals surface area contributed by atoms with E-state index in [4.69, 9.17) is 18.9 Å². The predicted molar refractivity (Wildman–Crippen MR) is 82.7 cm³/mol. The minimum absolute atomic E-state index is 0.199. The molecule has 6 heteroatoms. The third kappa shape index (κ3) is 1.32. The van der Waals surface area contributed by atoms with Gasteiger partial charge >= 0.3 is 0 Å². The maximum Gasteiger partial charge on any atom is 0.234 e. The van der Waals surface area contributed by atoms with Crippen LogP contribution < -0.4 is 9.47 Å². The number of nitrogens with zero attached hydrogens (tertiary/aromatic N) is 1. The van der Waals surface area contributed by atoms with Crippen molar-refractivity contribution in [3.63, 3.8) is 0 Å². The first-order valence-electron chi connectivity index (χ1n) is 8.52. The molecule has 4 bridgehead atoms. The van der Waals surface area contributed by atoms with Gasteiger partial charge in [0.1, 0.15) is 0 Å². The van der Waals surface area contributed by atoms with E-state index in [9.17, 15) is 5.11 Å². The Kier molecular flexibility index (Phi) is 2.29. The molecule has 0 aromatic heterocycles. The van der Waals surface area contributed by atoms with E-state index >= 15 is 0 Å². The quantitative estimate of drug-likeness (QED) is 0.845. The second kappa shape index (κ2) is 4.07. The molecule has 5 heterocycles. The van der Waals surface area contributed by atoms with Crippen molar-refractivity contribution in [1.29, 1.82) is 0 Å². The number of hydrogen-bond donors (Lipinski definition) is 1. The van der Waals surface area contributed by atoms with Crippen LogP contribution in [0.4, 0.5) is 0 Å². The molecule has 5 aliphatic heterocycles. The Hall–Kier alpha value is -1.76. The van der Waals surface area contributed by atoms with E-state index in [1.807, 2.05) is 12.1 Å². The monoisotopic (exact) mass is 329 g/mol. The van der Waals surface area contributed by atoms with Gasteiger partial charge in [0, 0.05) is 6.54 Å². The summed E-state index contributed by atoms with van der Waals surface area (Å²) in [5.74, 6) is 0.447. The van der Waals surface area contributed by atoms with E-state index in [2.05, 4.69) is 11.0 Å². The number of ether oxygens (including phenoxy) is 4. The topological polar surface area (TPSA) is 60.4 Å². The second-order valence-electron chi connectivity index (χ2n) is 7.32. The van der Waals surface area contributed by atoms with Gasteiger partial charge in [-0.25, -0.2) is 0 Å². The molecule has 6 nitrogen and oxygen atoms in total. The van der Waals surface area contributed by atoms with Crippen LogP contribution in [0, 0.1) is 0 Å². The van der Waals surface area contributed by atoms with Crippen molar-refractivity contribution in [3.05, 3.63) is 35.1 Å².